The van der Waals surface area contributed by atoms with Gasteiger partial charge in [0.05, 0.1) is 5.56 Å². The summed E-state index contributed by atoms with van der Waals surface area (Å²) in [4.78, 5) is 12.3. The monoisotopic (exact) mass is 473 g/mol. The second kappa shape index (κ2) is 7.74. The molecule has 2 nitrogen and oxygen atoms in total. The van der Waals surface area contributed by atoms with Crippen LogP contribution in [0.1, 0.15) is 30.1 Å². The van der Waals surface area contributed by atoms with Gasteiger partial charge in [-0.15, -0.1) is 0 Å². The van der Waals surface area contributed by atoms with Gasteiger partial charge in [0.1, 0.15) is 0 Å². The standard InChI is InChI=1S/C12H14Br2INO/c1-2-3-9(14)7-16-12(17)10-6-8(13)4-5-11(10)15/h4-6,9H,2-3,7H2,1H3,(H,16,17). The summed E-state index contributed by atoms with van der Waals surface area (Å²) in [6.45, 7) is 2.79. The van der Waals surface area contributed by atoms with Crippen molar-refractivity contribution in [2.45, 2.75) is 24.6 Å². The van der Waals surface area contributed by atoms with E-state index in [-0.39, 0.29) is 5.91 Å². The van der Waals surface area contributed by atoms with E-state index in [1.165, 1.54) is 0 Å². The molecular formula is C12H14Br2INO. The smallest absolute Gasteiger partial charge is 0.252 e. The molecule has 1 amide bonds. The van der Waals surface area contributed by atoms with Crippen LogP contribution in [0.15, 0.2) is 22.7 Å². The van der Waals surface area contributed by atoms with Crippen molar-refractivity contribution in [3.05, 3.63) is 31.8 Å². The number of benzene rings is 1. The molecular weight excluding hydrogens is 461 g/mol. The van der Waals surface area contributed by atoms with Gasteiger partial charge in [-0.25, -0.2) is 0 Å². The number of carbonyl (C=O) groups excluding carboxylic acids is 1. The van der Waals surface area contributed by atoms with Crippen molar-refractivity contribution in [2.24, 2.45) is 0 Å². The van der Waals surface area contributed by atoms with Crippen molar-refractivity contribution >= 4 is 60.4 Å². The molecule has 0 aliphatic rings. The third-order valence-electron chi connectivity index (χ3n) is 2.26. The highest BCUT2D eigenvalue weighted by Gasteiger charge is 2.11. The Morgan fingerprint density at radius 2 is 2.24 bits per heavy atom. The summed E-state index contributed by atoms with van der Waals surface area (Å²) in [7, 11) is 0. The molecule has 0 aliphatic heterocycles. The second-order valence-electron chi connectivity index (χ2n) is 3.72. The fourth-order valence-electron chi connectivity index (χ4n) is 1.39. The minimum Gasteiger partial charge on any atom is -0.351 e. The lowest BCUT2D eigenvalue weighted by Gasteiger charge is -2.11. The molecule has 1 N–H and O–H groups in total. The van der Waals surface area contributed by atoms with Crippen molar-refractivity contribution in [2.75, 3.05) is 6.54 Å². The van der Waals surface area contributed by atoms with Gasteiger partial charge in [-0.05, 0) is 47.2 Å². The predicted molar refractivity (Wildman–Crippen MR) is 86.8 cm³/mol. The minimum atomic E-state index is -0.0174. The van der Waals surface area contributed by atoms with Gasteiger partial charge < -0.3 is 5.32 Å². The topological polar surface area (TPSA) is 29.1 Å². The number of amides is 1. The quantitative estimate of drug-likeness (QED) is 0.499. The molecule has 1 atom stereocenters. The van der Waals surface area contributed by atoms with E-state index in [1.54, 1.807) is 0 Å². The Kier molecular flexibility index (Phi) is 7.02. The first-order valence-electron chi connectivity index (χ1n) is 5.42. The molecule has 0 aromatic heterocycles. The summed E-state index contributed by atoms with van der Waals surface area (Å²) in [5.41, 5.74) is 0.719. The van der Waals surface area contributed by atoms with E-state index in [4.69, 9.17) is 0 Å². The van der Waals surface area contributed by atoms with Crippen LogP contribution in [-0.4, -0.2) is 17.3 Å². The van der Waals surface area contributed by atoms with Crippen LogP contribution in [0.2, 0.25) is 0 Å². The average molecular weight is 475 g/mol. The summed E-state index contributed by atoms with van der Waals surface area (Å²) in [6.07, 6.45) is 2.18. The Bertz CT molecular complexity index is 398. The van der Waals surface area contributed by atoms with Gasteiger partial charge in [0.15, 0.2) is 0 Å². The molecule has 17 heavy (non-hydrogen) atoms. The molecule has 0 saturated carbocycles. The Balaban J connectivity index is 2.61. The van der Waals surface area contributed by atoms with Crippen LogP contribution >= 0.6 is 54.5 Å². The average Bonchev–Trinajstić information content (AvgIpc) is 2.29. The molecule has 0 spiro atoms. The molecule has 1 rings (SSSR count). The van der Waals surface area contributed by atoms with Crippen molar-refractivity contribution < 1.29 is 4.79 Å². The van der Waals surface area contributed by atoms with Crippen LogP contribution in [0.3, 0.4) is 0 Å². The Labute approximate surface area is 132 Å². The number of hydrogen-bond acceptors (Lipinski definition) is 1. The SMILES string of the molecule is CCCC(Br)CNC(=O)c1cc(Br)ccc1I. The van der Waals surface area contributed by atoms with Gasteiger partial charge in [0.2, 0.25) is 0 Å². The molecule has 94 valence electrons. The maximum absolute atomic E-state index is 12.0. The Morgan fingerprint density at radius 1 is 1.53 bits per heavy atom. The Morgan fingerprint density at radius 3 is 2.88 bits per heavy atom. The van der Waals surface area contributed by atoms with Crippen LogP contribution in [0.5, 0.6) is 0 Å². The van der Waals surface area contributed by atoms with E-state index in [0.29, 0.717) is 11.4 Å². The highest BCUT2D eigenvalue weighted by Crippen LogP contribution is 2.18. The van der Waals surface area contributed by atoms with Crippen LogP contribution in [-0.2, 0) is 0 Å². The molecule has 0 heterocycles. The van der Waals surface area contributed by atoms with Gasteiger partial charge in [-0.3, -0.25) is 4.79 Å². The third kappa shape index (κ3) is 5.26. The van der Waals surface area contributed by atoms with E-state index < -0.39 is 0 Å². The minimum absolute atomic E-state index is 0.0174. The number of rotatable bonds is 5. The molecule has 1 aromatic rings. The van der Waals surface area contributed by atoms with E-state index in [2.05, 4.69) is 66.7 Å². The van der Waals surface area contributed by atoms with E-state index in [9.17, 15) is 4.79 Å². The van der Waals surface area contributed by atoms with Crippen molar-refractivity contribution in [1.82, 2.24) is 5.32 Å². The second-order valence-corrected chi connectivity index (χ2v) is 7.09. The summed E-state index contributed by atoms with van der Waals surface area (Å²) in [5.74, 6) is -0.0174. The first kappa shape index (κ1) is 15.4. The van der Waals surface area contributed by atoms with Gasteiger partial charge in [0, 0.05) is 19.4 Å². The summed E-state index contributed by atoms with van der Waals surface area (Å²) in [6, 6.07) is 5.71. The summed E-state index contributed by atoms with van der Waals surface area (Å²) < 4.78 is 1.89. The first-order valence-corrected chi connectivity index (χ1v) is 8.20. The summed E-state index contributed by atoms with van der Waals surface area (Å²) in [5, 5.41) is 2.94. The number of carbonyl (C=O) groups is 1. The molecule has 0 radical (unpaired) electrons. The normalized spacial score (nSPS) is 12.2. The zero-order valence-corrected chi connectivity index (χ0v) is 14.8. The lowest BCUT2D eigenvalue weighted by Crippen LogP contribution is -2.30. The fourth-order valence-corrected chi connectivity index (χ4v) is 2.95. The number of alkyl halides is 1. The van der Waals surface area contributed by atoms with Crippen molar-refractivity contribution in [3.63, 3.8) is 0 Å². The maximum atomic E-state index is 12.0. The molecule has 1 unspecified atom stereocenters. The first-order chi connectivity index (χ1) is 8.04. The lowest BCUT2D eigenvalue weighted by molar-refractivity contribution is 0.0952. The number of nitrogens with one attached hydrogen (secondary N) is 1. The van der Waals surface area contributed by atoms with E-state index >= 15 is 0 Å². The lowest BCUT2D eigenvalue weighted by atomic mass is 10.2. The number of halogens is 3. The highest BCUT2D eigenvalue weighted by molar-refractivity contribution is 14.1. The molecule has 0 fully saturated rings. The predicted octanol–water partition coefficient (Wildman–Crippen LogP) is 4.35. The van der Waals surface area contributed by atoms with Gasteiger partial charge in [-0.2, -0.15) is 0 Å². The van der Waals surface area contributed by atoms with Crippen LogP contribution in [0.4, 0.5) is 0 Å². The molecule has 0 saturated heterocycles. The Hall–Kier alpha value is 0.380. The molecule has 1 aromatic carbocycles. The van der Waals surface area contributed by atoms with Gasteiger partial charge in [-0.1, -0.05) is 45.2 Å². The zero-order chi connectivity index (χ0) is 12.8. The summed E-state index contributed by atoms with van der Waals surface area (Å²) >= 11 is 9.10. The van der Waals surface area contributed by atoms with Crippen LogP contribution in [0.25, 0.3) is 0 Å². The molecule has 0 aliphatic carbocycles. The van der Waals surface area contributed by atoms with E-state index in [1.807, 2.05) is 18.2 Å². The number of hydrogen-bond donors (Lipinski definition) is 1. The zero-order valence-electron chi connectivity index (χ0n) is 9.47. The van der Waals surface area contributed by atoms with Crippen molar-refractivity contribution in [1.29, 1.82) is 0 Å². The highest BCUT2D eigenvalue weighted by atomic mass is 127. The third-order valence-corrected chi connectivity index (χ3v) is 4.47. The van der Waals surface area contributed by atoms with Crippen LogP contribution < -0.4 is 5.32 Å². The maximum Gasteiger partial charge on any atom is 0.252 e. The fraction of sp³-hybridized carbons (Fsp3) is 0.417. The van der Waals surface area contributed by atoms with Crippen LogP contribution in [0, 0.1) is 3.57 Å². The van der Waals surface area contributed by atoms with Gasteiger partial charge >= 0.3 is 0 Å². The van der Waals surface area contributed by atoms with Crippen molar-refractivity contribution in [3.8, 4) is 0 Å². The van der Waals surface area contributed by atoms with E-state index in [0.717, 1.165) is 26.4 Å². The largest absolute Gasteiger partial charge is 0.351 e. The van der Waals surface area contributed by atoms with Gasteiger partial charge in [0.25, 0.3) is 5.91 Å². The molecule has 5 heteroatoms. The molecule has 0 bridgehead atoms.